The van der Waals surface area contributed by atoms with Crippen LogP contribution in [-0.4, -0.2) is 31.7 Å². The highest BCUT2D eigenvalue weighted by atomic mass is 16.4. The van der Waals surface area contributed by atoms with E-state index in [0.717, 1.165) is 11.0 Å². The lowest BCUT2D eigenvalue weighted by Gasteiger charge is -2.09. The van der Waals surface area contributed by atoms with E-state index in [0.29, 0.717) is 5.95 Å². The summed E-state index contributed by atoms with van der Waals surface area (Å²) in [7, 11) is 1.83. The van der Waals surface area contributed by atoms with Crippen molar-refractivity contribution < 1.29 is 9.90 Å². The van der Waals surface area contributed by atoms with Crippen LogP contribution >= 0.6 is 0 Å². The van der Waals surface area contributed by atoms with Crippen molar-refractivity contribution >= 4 is 23.0 Å². The molecule has 2 aromatic rings. The van der Waals surface area contributed by atoms with E-state index in [1.807, 2.05) is 13.1 Å². The van der Waals surface area contributed by atoms with Crippen molar-refractivity contribution in [2.75, 3.05) is 5.32 Å². The molecule has 0 aliphatic heterocycles. The third kappa shape index (κ3) is 1.69. The highest BCUT2D eigenvalue weighted by molar-refractivity contribution is 5.80. The fourth-order valence-electron chi connectivity index (χ4n) is 1.44. The molecule has 0 saturated carbocycles. The number of carbonyl (C=O) groups is 1. The zero-order valence-electron chi connectivity index (χ0n) is 9.01. The Hall–Kier alpha value is -2.11. The Labute approximate surface area is 91.9 Å². The minimum Gasteiger partial charge on any atom is -0.480 e. The van der Waals surface area contributed by atoms with Gasteiger partial charge in [0.2, 0.25) is 5.95 Å². The molecule has 2 aromatic heterocycles. The highest BCUT2D eigenvalue weighted by Crippen LogP contribution is 2.16. The number of carboxylic acids is 1. The fourth-order valence-corrected chi connectivity index (χ4v) is 1.44. The molecule has 6 heteroatoms. The average Bonchev–Trinajstić information content (AvgIpc) is 2.56. The largest absolute Gasteiger partial charge is 0.480 e. The van der Waals surface area contributed by atoms with Crippen LogP contribution in [0.4, 0.5) is 5.95 Å². The minimum absolute atomic E-state index is 0.526. The lowest BCUT2D eigenvalue weighted by Crippen LogP contribution is -2.26. The molecular formula is C10H12N4O2. The van der Waals surface area contributed by atoms with Crippen molar-refractivity contribution in [2.24, 2.45) is 7.05 Å². The highest BCUT2D eigenvalue weighted by Gasteiger charge is 2.14. The summed E-state index contributed by atoms with van der Waals surface area (Å²) in [6.45, 7) is 1.57. The second kappa shape index (κ2) is 3.80. The van der Waals surface area contributed by atoms with Crippen LogP contribution in [0.2, 0.25) is 0 Å². The number of anilines is 1. The van der Waals surface area contributed by atoms with E-state index in [9.17, 15) is 4.79 Å². The maximum Gasteiger partial charge on any atom is 0.325 e. The van der Waals surface area contributed by atoms with Gasteiger partial charge in [-0.15, -0.1) is 0 Å². The van der Waals surface area contributed by atoms with Gasteiger partial charge >= 0.3 is 5.97 Å². The van der Waals surface area contributed by atoms with Gasteiger partial charge in [-0.1, -0.05) is 0 Å². The summed E-state index contributed by atoms with van der Waals surface area (Å²) in [5, 5.41) is 11.6. The maximum absolute atomic E-state index is 10.7. The van der Waals surface area contributed by atoms with Gasteiger partial charge in [-0.3, -0.25) is 9.78 Å². The summed E-state index contributed by atoms with van der Waals surface area (Å²) in [6.07, 6.45) is 3.32. The van der Waals surface area contributed by atoms with Crippen LogP contribution in [-0.2, 0) is 11.8 Å². The van der Waals surface area contributed by atoms with Gasteiger partial charge in [-0.25, -0.2) is 4.98 Å². The zero-order valence-corrected chi connectivity index (χ0v) is 9.01. The van der Waals surface area contributed by atoms with Gasteiger partial charge in [-0.05, 0) is 13.0 Å². The van der Waals surface area contributed by atoms with Crippen molar-refractivity contribution in [2.45, 2.75) is 13.0 Å². The SMILES string of the molecule is CC(Nc1nc2cnccc2n1C)C(=O)O. The molecule has 0 fully saturated rings. The number of fused-ring (bicyclic) bond motifs is 1. The fraction of sp³-hybridized carbons (Fsp3) is 0.300. The standard InChI is InChI=1S/C10H12N4O2/c1-6(9(15)16)12-10-13-7-5-11-4-3-8(7)14(10)2/h3-6H,1-2H3,(H,12,13)(H,15,16). The quantitative estimate of drug-likeness (QED) is 0.801. The second-order valence-corrected chi connectivity index (χ2v) is 3.56. The lowest BCUT2D eigenvalue weighted by atomic mass is 10.3. The number of nitrogens with one attached hydrogen (secondary N) is 1. The Morgan fingerprint density at radius 1 is 1.62 bits per heavy atom. The van der Waals surface area contributed by atoms with Crippen molar-refractivity contribution in [3.05, 3.63) is 18.5 Å². The van der Waals surface area contributed by atoms with Crippen LogP contribution in [0, 0.1) is 0 Å². The van der Waals surface area contributed by atoms with Gasteiger partial charge in [0.05, 0.1) is 11.7 Å². The van der Waals surface area contributed by atoms with E-state index in [4.69, 9.17) is 5.11 Å². The van der Waals surface area contributed by atoms with Crippen molar-refractivity contribution in [3.8, 4) is 0 Å². The maximum atomic E-state index is 10.7. The first-order chi connectivity index (χ1) is 7.59. The molecule has 1 atom stereocenters. The number of imidazole rings is 1. The molecule has 1 unspecified atom stereocenters. The first-order valence-electron chi connectivity index (χ1n) is 4.85. The van der Waals surface area contributed by atoms with Crippen LogP contribution in [0.15, 0.2) is 18.5 Å². The molecular weight excluding hydrogens is 208 g/mol. The van der Waals surface area contributed by atoms with Gasteiger partial charge in [0.25, 0.3) is 0 Å². The molecule has 0 aliphatic rings. The summed E-state index contributed by atoms with van der Waals surface area (Å²) < 4.78 is 1.80. The van der Waals surface area contributed by atoms with E-state index in [1.54, 1.807) is 23.9 Å². The minimum atomic E-state index is -0.912. The normalized spacial score (nSPS) is 12.6. The lowest BCUT2D eigenvalue weighted by molar-refractivity contribution is -0.137. The summed E-state index contributed by atoms with van der Waals surface area (Å²) in [5.41, 5.74) is 1.65. The van der Waals surface area contributed by atoms with Crippen molar-refractivity contribution in [1.82, 2.24) is 14.5 Å². The predicted molar refractivity (Wildman–Crippen MR) is 59.2 cm³/mol. The zero-order chi connectivity index (χ0) is 11.7. The second-order valence-electron chi connectivity index (χ2n) is 3.56. The molecule has 6 nitrogen and oxygen atoms in total. The molecule has 84 valence electrons. The number of nitrogens with zero attached hydrogens (tertiary/aromatic N) is 3. The Morgan fingerprint density at radius 2 is 2.38 bits per heavy atom. The van der Waals surface area contributed by atoms with Gasteiger partial charge < -0.3 is 15.0 Å². The summed E-state index contributed by atoms with van der Waals surface area (Å²) in [6, 6.07) is 1.15. The van der Waals surface area contributed by atoms with Gasteiger partial charge in [0, 0.05) is 13.2 Å². The molecule has 0 saturated heterocycles. The average molecular weight is 220 g/mol. The topological polar surface area (TPSA) is 80.0 Å². The van der Waals surface area contributed by atoms with Crippen molar-refractivity contribution in [1.29, 1.82) is 0 Å². The number of aliphatic carboxylic acids is 1. The molecule has 0 spiro atoms. The van der Waals surface area contributed by atoms with Crippen LogP contribution in [0.5, 0.6) is 0 Å². The van der Waals surface area contributed by atoms with Crippen LogP contribution in [0.1, 0.15) is 6.92 Å². The first kappa shape index (κ1) is 10.4. The molecule has 0 aromatic carbocycles. The van der Waals surface area contributed by atoms with Crippen LogP contribution < -0.4 is 5.32 Å². The molecule has 0 bridgehead atoms. The number of aryl methyl sites for hydroxylation is 1. The summed E-state index contributed by atoms with van der Waals surface area (Å²) in [4.78, 5) is 18.9. The van der Waals surface area contributed by atoms with Crippen LogP contribution in [0.25, 0.3) is 11.0 Å². The number of rotatable bonds is 3. The van der Waals surface area contributed by atoms with E-state index >= 15 is 0 Å². The number of carboxylic acid groups (broad SMARTS) is 1. The molecule has 0 aliphatic carbocycles. The third-order valence-corrected chi connectivity index (χ3v) is 2.40. The molecule has 2 rings (SSSR count). The van der Waals surface area contributed by atoms with E-state index in [-0.39, 0.29) is 0 Å². The molecule has 0 radical (unpaired) electrons. The number of pyridine rings is 1. The Balaban J connectivity index is 2.38. The molecule has 0 amide bonds. The van der Waals surface area contributed by atoms with E-state index < -0.39 is 12.0 Å². The molecule has 16 heavy (non-hydrogen) atoms. The first-order valence-corrected chi connectivity index (χ1v) is 4.85. The van der Waals surface area contributed by atoms with Gasteiger partial charge in [-0.2, -0.15) is 0 Å². The Morgan fingerprint density at radius 3 is 3.00 bits per heavy atom. The van der Waals surface area contributed by atoms with Gasteiger partial charge in [0.15, 0.2) is 0 Å². The Bertz CT molecular complexity index is 535. The number of hydrogen-bond donors (Lipinski definition) is 2. The monoisotopic (exact) mass is 220 g/mol. The summed E-state index contributed by atoms with van der Waals surface area (Å²) >= 11 is 0. The Kier molecular flexibility index (Phi) is 2.47. The summed E-state index contributed by atoms with van der Waals surface area (Å²) in [5.74, 6) is -0.386. The predicted octanol–water partition coefficient (Wildman–Crippen LogP) is 0.853. The van der Waals surface area contributed by atoms with E-state index in [1.165, 1.54) is 0 Å². The number of aromatic nitrogens is 3. The van der Waals surface area contributed by atoms with Crippen LogP contribution in [0.3, 0.4) is 0 Å². The van der Waals surface area contributed by atoms with Crippen molar-refractivity contribution in [3.63, 3.8) is 0 Å². The third-order valence-electron chi connectivity index (χ3n) is 2.40. The number of hydrogen-bond acceptors (Lipinski definition) is 4. The molecule has 2 heterocycles. The smallest absolute Gasteiger partial charge is 0.325 e. The molecule has 2 N–H and O–H groups in total. The van der Waals surface area contributed by atoms with Gasteiger partial charge in [0.1, 0.15) is 11.6 Å². The van der Waals surface area contributed by atoms with E-state index in [2.05, 4.69) is 15.3 Å².